The molecule has 7 rings (SSSR count). The number of anilines is 1. The molecule has 4 aliphatic rings. The number of hydrogen-bond donors (Lipinski definition) is 2. The molecule has 2 N–H and O–H groups in total. The van der Waals surface area contributed by atoms with Crippen LogP contribution in [0.5, 0.6) is 5.75 Å². The van der Waals surface area contributed by atoms with Crippen LogP contribution in [0.1, 0.15) is 36.1 Å². The normalized spacial score (nSPS) is 29.8. The van der Waals surface area contributed by atoms with Gasteiger partial charge in [-0.3, -0.25) is 19.2 Å². The van der Waals surface area contributed by atoms with E-state index in [1.807, 2.05) is 36.4 Å². The summed E-state index contributed by atoms with van der Waals surface area (Å²) in [6, 6.07) is 22.1. The molecule has 4 aliphatic heterocycles. The molecule has 12 nitrogen and oxygen atoms in total. The van der Waals surface area contributed by atoms with E-state index < -0.39 is 72.2 Å². The minimum atomic E-state index is -1.55. The van der Waals surface area contributed by atoms with Crippen LogP contribution in [0.15, 0.2) is 109 Å². The lowest BCUT2D eigenvalue weighted by Gasteiger charge is -2.39. The van der Waals surface area contributed by atoms with Gasteiger partial charge in [-0.05, 0) is 41.8 Å². The van der Waals surface area contributed by atoms with Gasteiger partial charge in [-0.1, -0.05) is 85.0 Å². The summed E-state index contributed by atoms with van der Waals surface area (Å²) in [5, 5.41) is 13.9. The number of methoxy groups -OCH3 is 2. The molecular weight excluding hydrogens is 678 g/mol. The quantitative estimate of drug-likeness (QED) is 0.263. The largest absolute Gasteiger partial charge is 0.497 e. The lowest BCUT2D eigenvalue weighted by molar-refractivity contribution is -0.162. The number of carbonyl (C=O) groups is 4. The zero-order valence-electron chi connectivity index (χ0n) is 29.6. The highest BCUT2D eigenvalue weighted by molar-refractivity contribution is 6.05. The molecule has 8 atom stereocenters. The number of cyclic esters (lactones) is 1. The number of aliphatic hydroxyl groups is 1. The molecule has 12 heteroatoms. The van der Waals surface area contributed by atoms with Crippen molar-refractivity contribution < 1.29 is 43.2 Å². The first-order valence-corrected chi connectivity index (χ1v) is 17.8. The number of esters is 1. The molecule has 4 heterocycles. The molecule has 2 fully saturated rings. The molecular formula is C41H43N3O9. The lowest BCUT2D eigenvalue weighted by atomic mass is 9.74. The summed E-state index contributed by atoms with van der Waals surface area (Å²) in [7, 11) is 3.05. The summed E-state index contributed by atoms with van der Waals surface area (Å²) in [5.41, 5.74) is 0.234. The Hall–Kier alpha value is -5.30. The highest BCUT2D eigenvalue weighted by atomic mass is 16.6. The molecule has 0 saturated carbocycles. The minimum absolute atomic E-state index is 0.0433. The third-order valence-electron chi connectivity index (χ3n) is 10.6. The lowest BCUT2D eigenvalue weighted by Crippen LogP contribution is -2.57. The van der Waals surface area contributed by atoms with Gasteiger partial charge in [0.25, 0.3) is 5.91 Å². The molecule has 2 saturated heterocycles. The van der Waals surface area contributed by atoms with Gasteiger partial charge in [-0.15, -0.1) is 0 Å². The van der Waals surface area contributed by atoms with Crippen molar-refractivity contribution in [2.24, 2.45) is 11.8 Å². The molecule has 1 spiro atoms. The van der Waals surface area contributed by atoms with E-state index in [1.54, 1.807) is 84.8 Å². The minimum Gasteiger partial charge on any atom is -0.497 e. The summed E-state index contributed by atoms with van der Waals surface area (Å²) >= 11 is 0. The number of nitrogens with one attached hydrogen (secondary N) is 1. The van der Waals surface area contributed by atoms with Gasteiger partial charge in [0.1, 0.15) is 29.4 Å². The van der Waals surface area contributed by atoms with Gasteiger partial charge in [-0.2, -0.15) is 0 Å². The van der Waals surface area contributed by atoms with Crippen molar-refractivity contribution in [2.45, 2.75) is 48.8 Å². The number of carbonyl (C=O) groups excluding carboxylic acids is 4. The molecule has 3 amide bonds. The molecule has 0 unspecified atom stereocenters. The number of fused-ring (bicyclic) bond motifs is 2. The van der Waals surface area contributed by atoms with Crippen molar-refractivity contribution in [3.8, 4) is 5.75 Å². The van der Waals surface area contributed by atoms with Gasteiger partial charge in [0.05, 0.1) is 44.4 Å². The highest BCUT2D eigenvalue weighted by Crippen LogP contribution is 2.57. The first-order valence-electron chi connectivity index (χ1n) is 17.8. The summed E-state index contributed by atoms with van der Waals surface area (Å²) in [5.74, 6) is -3.64. The number of allylic oxidation sites excluding steroid dienone is 1. The Balaban J connectivity index is 1.37. The Kier molecular flexibility index (Phi) is 10.5. The predicted molar refractivity (Wildman–Crippen MR) is 193 cm³/mol. The Morgan fingerprint density at radius 3 is 2.32 bits per heavy atom. The zero-order chi connectivity index (χ0) is 37.1. The van der Waals surface area contributed by atoms with Crippen molar-refractivity contribution in [2.75, 3.05) is 38.9 Å². The number of ether oxygens (including phenoxy) is 4. The third-order valence-corrected chi connectivity index (χ3v) is 10.6. The Morgan fingerprint density at radius 1 is 0.925 bits per heavy atom. The predicted octanol–water partition coefficient (Wildman–Crippen LogP) is 3.68. The van der Waals surface area contributed by atoms with Gasteiger partial charge in [0.15, 0.2) is 0 Å². The number of hydrogen-bond acceptors (Lipinski definition) is 9. The smallest absolute Gasteiger partial charge is 0.313 e. The summed E-state index contributed by atoms with van der Waals surface area (Å²) in [6.07, 6.45) is 5.74. The second kappa shape index (κ2) is 15.4. The molecule has 0 aromatic heterocycles. The highest BCUT2D eigenvalue weighted by Gasteiger charge is 2.74. The second-order valence-corrected chi connectivity index (χ2v) is 13.6. The molecule has 3 aromatic rings. The van der Waals surface area contributed by atoms with Crippen LogP contribution in [0.2, 0.25) is 0 Å². The number of rotatable bonds is 8. The first-order chi connectivity index (χ1) is 25.8. The van der Waals surface area contributed by atoms with Crippen LogP contribution in [-0.2, 0) is 33.4 Å². The third kappa shape index (κ3) is 6.62. The van der Waals surface area contributed by atoms with E-state index in [0.29, 0.717) is 29.0 Å². The number of benzene rings is 3. The van der Waals surface area contributed by atoms with Crippen LogP contribution < -0.4 is 15.0 Å². The summed E-state index contributed by atoms with van der Waals surface area (Å²) < 4.78 is 23.8. The molecule has 276 valence electrons. The van der Waals surface area contributed by atoms with E-state index >= 15 is 4.79 Å². The van der Waals surface area contributed by atoms with Crippen molar-refractivity contribution in [3.63, 3.8) is 0 Å². The Bertz CT molecular complexity index is 1870. The van der Waals surface area contributed by atoms with Gasteiger partial charge in [0.2, 0.25) is 11.8 Å². The number of amides is 3. The van der Waals surface area contributed by atoms with Crippen molar-refractivity contribution in [3.05, 3.63) is 120 Å². The molecule has 3 aromatic carbocycles. The maximum absolute atomic E-state index is 15.2. The standard InChI is InChI=1S/C41H43N3O9/c1-50-25-30-36(27-14-8-4-9-15-27)52-40(49)34-32-21-22-41(53-32)35(34)38(47)44(31(24-45)26-12-6-3-7-13-26)37(41)39(48)43(23-11-5-10-16-33(46)42-30)28-17-19-29(51-2)20-18-28/h3-9,11-15,17-22,30-32,34-37,45H,10,16,23-25H2,1-2H3,(H,42,46)/b11-5-/t30-,31+,32+,34-,35-,36-,37+,41-/m0/s1. The number of aliphatic hydroxyl groups excluding tert-OH is 1. The fourth-order valence-corrected chi connectivity index (χ4v) is 8.16. The zero-order valence-corrected chi connectivity index (χ0v) is 29.6. The molecule has 5 bridgehead atoms. The van der Waals surface area contributed by atoms with Crippen LogP contribution >= 0.6 is 0 Å². The van der Waals surface area contributed by atoms with E-state index in [0.717, 1.165) is 0 Å². The van der Waals surface area contributed by atoms with Crippen LogP contribution in [0.3, 0.4) is 0 Å². The molecule has 0 aliphatic carbocycles. The fraction of sp³-hybridized carbons (Fsp3) is 0.366. The Labute approximate surface area is 308 Å². The molecule has 0 radical (unpaired) electrons. The van der Waals surface area contributed by atoms with Crippen LogP contribution in [-0.4, -0.2) is 91.5 Å². The second-order valence-electron chi connectivity index (χ2n) is 13.6. The maximum Gasteiger partial charge on any atom is 0.313 e. The van der Waals surface area contributed by atoms with E-state index in [2.05, 4.69) is 5.32 Å². The maximum atomic E-state index is 15.2. The van der Waals surface area contributed by atoms with Crippen molar-refractivity contribution in [1.82, 2.24) is 10.2 Å². The van der Waals surface area contributed by atoms with Gasteiger partial charge in [0, 0.05) is 25.8 Å². The van der Waals surface area contributed by atoms with E-state index in [1.165, 1.54) is 12.0 Å². The van der Waals surface area contributed by atoms with Crippen LogP contribution in [0.4, 0.5) is 5.69 Å². The van der Waals surface area contributed by atoms with E-state index in [9.17, 15) is 19.5 Å². The average Bonchev–Trinajstić information content (AvgIpc) is 3.83. The Morgan fingerprint density at radius 2 is 1.64 bits per heavy atom. The van der Waals surface area contributed by atoms with Crippen LogP contribution in [0.25, 0.3) is 0 Å². The number of nitrogens with zero attached hydrogens (tertiary/aromatic N) is 2. The van der Waals surface area contributed by atoms with Crippen molar-refractivity contribution >= 4 is 29.4 Å². The van der Waals surface area contributed by atoms with Gasteiger partial charge >= 0.3 is 5.97 Å². The fourth-order valence-electron chi connectivity index (χ4n) is 8.16. The van der Waals surface area contributed by atoms with Crippen LogP contribution in [0, 0.1) is 11.8 Å². The molecule has 53 heavy (non-hydrogen) atoms. The topological polar surface area (TPSA) is 144 Å². The number of likely N-dealkylation sites (tertiary alicyclic amines) is 1. The monoisotopic (exact) mass is 721 g/mol. The van der Waals surface area contributed by atoms with E-state index in [-0.39, 0.29) is 25.5 Å². The average molecular weight is 722 g/mol. The van der Waals surface area contributed by atoms with Crippen molar-refractivity contribution in [1.29, 1.82) is 0 Å². The van der Waals surface area contributed by atoms with E-state index in [4.69, 9.17) is 18.9 Å². The first kappa shape index (κ1) is 36.1. The summed E-state index contributed by atoms with van der Waals surface area (Å²) in [6.45, 7) is -0.342. The van der Waals surface area contributed by atoms with Gasteiger partial charge in [-0.25, -0.2) is 0 Å². The van der Waals surface area contributed by atoms with Gasteiger partial charge < -0.3 is 39.2 Å². The SMILES string of the molecule is COC[C@@H]1NC(=O)CC/C=C\CN(c2ccc(OC)cc2)C(=O)[C@H]2N([C@H](CO)c3ccccc3)C(=O)[C@@H]3[C@@H](C(=O)O[C@H]1c1ccccc1)[C@H]1C=C[C@]32O1. The summed E-state index contributed by atoms with van der Waals surface area (Å²) in [4.78, 5) is 61.0.